The molecule has 1 aliphatic carbocycles. The van der Waals surface area contributed by atoms with Crippen molar-refractivity contribution in [2.75, 3.05) is 6.61 Å². The molecule has 0 saturated carbocycles. The van der Waals surface area contributed by atoms with Crippen molar-refractivity contribution < 1.29 is 5.11 Å². The fraction of sp³-hybridized carbons (Fsp3) is 0.571. The van der Waals surface area contributed by atoms with Crippen molar-refractivity contribution in [2.24, 2.45) is 22.2 Å². The molecular formula is C21H33NO. The van der Waals surface area contributed by atoms with Gasteiger partial charge in [0.2, 0.25) is 0 Å². The molecule has 0 spiro atoms. The minimum absolute atomic E-state index is 0.135. The standard InChI is InChI=1S/C21H33NO/c1-8-21(7,22-15-16(2)3)20(6,13-14-23)18(5)19-12-10-9-11-17(19)4/h8-12,15-17,23H,1,13-14H2,2-7H3/b19-18+,22-15?. The largest absolute Gasteiger partial charge is 0.396 e. The van der Waals surface area contributed by atoms with Crippen LogP contribution in [0.15, 0.2) is 53.1 Å². The molecule has 0 radical (unpaired) electrons. The molecule has 1 N–H and O–H groups in total. The highest BCUT2D eigenvalue weighted by Gasteiger charge is 2.44. The fourth-order valence-electron chi connectivity index (χ4n) is 3.20. The molecule has 1 rings (SSSR count). The average molecular weight is 316 g/mol. The Kier molecular flexibility index (Phi) is 6.76. The summed E-state index contributed by atoms with van der Waals surface area (Å²) >= 11 is 0. The third kappa shape index (κ3) is 4.11. The minimum atomic E-state index is -0.453. The van der Waals surface area contributed by atoms with Crippen LogP contribution in [-0.4, -0.2) is 23.5 Å². The van der Waals surface area contributed by atoms with Gasteiger partial charge in [0.1, 0.15) is 0 Å². The van der Waals surface area contributed by atoms with Crippen LogP contribution in [0.5, 0.6) is 0 Å². The summed E-state index contributed by atoms with van der Waals surface area (Å²) in [6.45, 7) is 17.1. The van der Waals surface area contributed by atoms with Crippen LogP contribution >= 0.6 is 0 Å². The number of aliphatic hydroxyl groups excluding tert-OH is 1. The summed E-state index contributed by atoms with van der Waals surface area (Å²) < 4.78 is 0. The van der Waals surface area contributed by atoms with Gasteiger partial charge < -0.3 is 5.11 Å². The summed E-state index contributed by atoms with van der Waals surface area (Å²) in [6, 6.07) is 0. The number of nitrogens with zero attached hydrogens (tertiary/aromatic N) is 1. The van der Waals surface area contributed by atoms with Crippen LogP contribution < -0.4 is 0 Å². The molecule has 2 nitrogen and oxygen atoms in total. The zero-order valence-electron chi connectivity index (χ0n) is 15.6. The van der Waals surface area contributed by atoms with Crippen molar-refractivity contribution in [1.82, 2.24) is 0 Å². The van der Waals surface area contributed by atoms with E-state index in [1.165, 1.54) is 11.1 Å². The minimum Gasteiger partial charge on any atom is -0.396 e. The lowest BCUT2D eigenvalue weighted by molar-refractivity contribution is 0.171. The molecule has 0 bridgehead atoms. The smallest absolute Gasteiger partial charge is 0.0844 e. The maximum Gasteiger partial charge on any atom is 0.0844 e. The van der Waals surface area contributed by atoms with Gasteiger partial charge in [-0.3, -0.25) is 4.99 Å². The zero-order chi connectivity index (χ0) is 17.7. The van der Waals surface area contributed by atoms with Gasteiger partial charge in [0.15, 0.2) is 0 Å². The molecule has 3 atom stereocenters. The number of aliphatic hydroxyl groups is 1. The van der Waals surface area contributed by atoms with E-state index in [-0.39, 0.29) is 12.0 Å². The molecule has 23 heavy (non-hydrogen) atoms. The predicted molar refractivity (Wildman–Crippen MR) is 102 cm³/mol. The van der Waals surface area contributed by atoms with Crippen molar-refractivity contribution >= 4 is 6.21 Å². The van der Waals surface area contributed by atoms with Crippen LogP contribution in [0, 0.1) is 17.3 Å². The van der Waals surface area contributed by atoms with E-state index in [0.717, 1.165) is 0 Å². The van der Waals surface area contributed by atoms with Crippen molar-refractivity contribution in [2.45, 2.75) is 53.5 Å². The van der Waals surface area contributed by atoms with Crippen molar-refractivity contribution in [3.8, 4) is 0 Å². The highest BCUT2D eigenvalue weighted by atomic mass is 16.3. The van der Waals surface area contributed by atoms with Crippen molar-refractivity contribution in [1.29, 1.82) is 0 Å². The summed E-state index contributed by atoms with van der Waals surface area (Å²) in [5.41, 5.74) is 1.86. The van der Waals surface area contributed by atoms with E-state index in [1.807, 2.05) is 12.3 Å². The van der Waals surface area contributed by atoms with Gasteiger partial charge in [0.25, 0.3) is 0 Å². The molecule has 0 fully saturated rings. The van der Waals surface area contributed by atoms with Gasteiger partial charge in [-0.1, -0.05) is 63.6 Å². The van der Waals surface area contributed by atoms with Gasteiger partial charge in [-0.15, -0.1) is 6.58 Å². The first-order valence-electron chi connectivity index (χ1n) is 8.57. The third-order valence-corrected chi connectivity index (χ3v) is 5.31. The molecule has 1 aliphatic rings. The zero-order valence-corrected chi connectivity index (χ0v) is 15.6. The first kappa shape index (κ1) is 19.6. The second kappa shape index (κ2) is 7.92. The van der Waals surface area contributed by atoms with Crippen LogP contribution in [0.4, 0.5) is 0 Å². The van der Waals surface area contributed by atoms with Gasteiger partial charge in [-0.05, 0) is 37.7 Å². The van der Waals surface area contributed by atoms with E-state index >= 15 is 0 Å². The predicted octanol–water partition coefficient (Wildman–Crippen LogP) is 5.13. The lowest BCUT2D eigenvalue weighted by Crippen LogP contribution is -2.43. The van der Waals surface area contributed by atoms with Gasteiger partial charge in [0, 0.05) is 18.2 Å². The topological polar surface area (TPSA) is 32.6 Å². The van der Waals surface area contributed by atoms with Crippen LogP contribution in [0.2, 0.25) is 0 Å². The number of aliphatic imine (C=N–C) groups is 1. The van der Waals surface area contributed by atoms with E-state index in [2.05, 4.69) is 72.4 Å². The Labute approximate surface area is 142 Å². The van der Waals surface area contributed by atoms with Gasteiger partial charge in [0.05, 0.1) is 5.54 Å². The van der Waals surface area contributed by atoms with E-state index in [9.17, 15) is 5.11 Å². The second-order valence-corrected chi connectivity index (χ2v) is 7.29. The molecule has 128 valence electrons. The second-order valence-electron chi connectivity index (χ2n) is 7.29. The van der Waals surface area contributed by atoms with Crippen LogP contribution in [0.1, 0.15) is 48.0 Å². The Morgan fingerprint density at radius 1 is 1.39 bits per heavy atom. The first-order valence-corrected chi connectivity index (χ1v) is 8.57. The molecule has 0 heterocycles. The normalized spacial score (nSPS) is 25.5. The summed E-state index contributed by atoms with van der Waals surface area (Å²) in [5.74, 6) is 0.762. The molecule has 0 aromatic rings. The van der Waals surface area contributed by atoms with E-state index < -0.39 is 5.54 Å². The number of hydrogen-bond acceptors (Lipinski definition) is 2. The Balaban J connectivity index is 3.45. The number of hydrogen-bond donors (Lipinski definition) is 1. The lowest BCUT2D eigenvalue weighted by Gasteiger charge is -2.44. The Hall–Kier alpha value is -1.41. The van der Waals surface area contributed by atoms with E-state index in [1.54, 1.807) is 0 Å². The molecular weight excluding hydrogens is 282 g/mol. The lowest BCUT2D eigenvalue weighted by atomic mass is 9.63. The Morgan fingerprint density at radius 2 is 2.04 bits per heavy atom. The SMILES string of the molecule is C=CC(C)(N=CC(C)C)C(C)(CCO)/C(C)=C1\C=CC=CC1C. The quantitative estimate of drug-likeness (QED) is 0.513. The van der Waals surface area contributed by atoms with Crippen LogP contribution in [0.25, 0.3) is 0 Å². The molecule has 0 amide bonds. The summed E-state index contributed by atoms with van der Waals surface area (Å²) in [6.07, 6.45) is 13.2. The molecule has 0 aromatic heterocycles. The monoisotopic (exact) mass is 315 g/mol. The highest BCUT2D eigenvalue weighted by molar-refractivity contribution is 5.61. The number of rotatable bonds is 7. The highest BCUT2D eigenvalue weighted by Crippen LogP contribution is 2.47. The summed E-state index contributed by atoms with van der Waals surface area (Å²) in [4.78, 5) is 4.87. The van der Waals surface area contributed by atoms with Crippen molar-refractivity contribution in [3.05, 3.63) is 48.1 Å². The molecule has 2 heteroatoms. The molecule has 0 saturated heterocycles. The van der Waals surface area contributed by atoms with E-state index in [4.69, 9.17) is 4.99 Å². The van der Waals surface area contributed by atoms with Crippen LogP contribution in [-0.2, 0) is 0 Å². The average Bonchev–Trinajstić information content (AvgIpc) is 2.52. The van der Waals surface area contributed by atoms with Crippen molar-refractivity contribution in [3.63, 3.8) is 0 Å². The molecule has 0 aromatic carbocycles. The number of allylic oxidation sites excluding steroid dienone is 5. The maximum absolute atomic E-state index is 9.71. The van der Waals surface area contributed by atoms with Gasteiger partial charge in [-0.2, -0.15) is 0 Å². The molecule has 0 aliphatic heterocycles. The van der Waals surface area contributed by atoms with Gasteiger partial charge >= 0.3 is 0 Å². The Bertz CT molecular complexity index is 538. The summed E-state index contributed by atoms with van der Waals surface area (Å²) in [7, 11) is 0. The third-order valence-electron chi connectivity index (χ3n) is 5.31. The van der Waals surface area contributed by atoms with Crippen LogP contribution in [0.3, 0.4) is 0 Å². The fourth-order valence-corrected chi connectivity index (χ4v) is 3.20. The summed E-state index contributed by atoms with van der Waals surface area (Å²) in [5, 5.41) is 9.71. The Morgan fingerprint density at radius 3 is 2.52 bits per heavy atom. The van der Waals surface area contributed by atoms with Gasteiger partial charge in [-0.25, -0.2) is 0 Å². The molecule has 3 unspecified atom stereocenters. The first-order chi connectivity index (χ1) is 10.7. The maximum atomic E-state index is 9.71. The van der Waals surface area contributed by atoms with E-state index in [0.29, 0.717) is 18.3 Å².